The molecule has 3 amide bonds. The van der Waals surface area contributed by atoms with Crippen molar-refractivity contribution in [3.8, 4) is 5.75 Å². The van der Waals surface area contributed by atoms with Gasteiger partial charge in [-0.15, -0.1) is 0 Å². The van der Waals surface area contributed by atoms with Crippen LogP contribution in [-0.4, -0.2) is 65.2 Å². The normalized spacial score (nSPS) is 12.5. The maximum absolute atomic E-state index is 14.7. The van der Waals surface area contributed by atoms with Gasteiger partial charge >= 0.3 is 12.1 Å². The lowest BCUT2D eigenvalue weighted by Gasteiger charge is -2.35. The first-order chi connectivity index (χ1) is 22.2. The van der Waals surface area contributed by atoms with Gasteiger partial charge < -0.3 is 30.1 Å². The monoisotopic (exact) mass is 653 g/mol. The van der Waals surface area contributed by atoms with Crippen molar-refractivity contribution < 1.29 is 33.8 Å². The summed E-state index contributed by atoms with van der Waals surface area (Å²) in [5.74, 6) is -1.22. The molecular formula is C37H55N3O7. The number of esters is 1. The predicted molar refractivity (Wildman–Crippen MR) is 183 cm³/mol. The van der Waals surface area contributed by atoms with Crippen molar-refractivity contribution >= 4 is 23.9 Å². The second kappa shape index (κ2) is 19.6. The zero-order chi connectivity index (χ0) is 35.0. The van der Waals surface area contributed by atoms with Crippen molar-refractivity contribution in [3.63, 3.8) is 0 Å². The molecule has 0 aliphatic carbocycles. The highest BCUT2D eigenvalue weighted by Crippen LogP contribution is 2.27. The number of ether oxygens (including phenoxy) is 2. The van der Waals surface area contributed by atoms with Crippen molar-refractivity contribution in [2.24, 2.45) is 0 Å². The van der Waals surface area contributed by atoms with E-state index in [1.165, 1.54) is 12.1 Å². The number of hydrogen-bond donors (Lipinski definition) is 3. The smallest absolute Gasteiger partial charge is 0.408 e. The van der Waals surface area contributed by atoms with Gasteiger partial charge in [-0.3, -0.25) is 14.4 Å². The fourth-order valence-electron chi connectivity index (χ4n) is 5.41. The van der Waals surface area contributed by atoms with Crippen LogP contribution < -0.4 is 10.6 Å². The molecule has 0 saturated heterocycles. The zero-order valence-electron chi connectivity index (χ0n) is 29.3. The Kier molecular flexibility index (Phi) is 16.3. The number of amides is 3. The Bertz CT molecular complexity index is 1280. The Balaban J connectivity index is 2.56. The first-order valence-corrected chi connectivity index (χ1v) is 16.8. The minimum atomic E-state index is -1.07. The summed E-state index contributed by atoms with van der Waals surface area (Å²) in [6.07, 6.45) is 5.21. The molecule has 0 bridgehead atoms. The third kappa shape index (κ3) is 14.5. The molecule has 3 N–H and O–H groups in total. The van der Waals surface area contributed by atoms with Crippen LogP contribution in [0.3, 0.4) is 0 Å². The van der Waals surface area contributed by atoms with Crippen LogP contribution in [0, 0.1) is 13.8 Å². The van der Waals surface area contributed by atoms with Gasteiger partial charge in [0.2, 0.25) is 11.8 Å². The molecule has 260 valence electrons. The third-order valence-corrected chi connectivity index (χ3v) is 7.45. The lowest BCUT2D eigenvalue weighted by Crippen LogP contribution is -2.54. The molecule has 10 nitrogen and oxygen atoms in total. The second-order valence-corrected chi connectivity index (χ2v) is 13.0. The molecular weight excluding hydrogens is 598 g/mol. The van der Waals surface area contributed by atoms with Gasteiger partial charge in [0.15, 0.2) is 0 Å². The minimum Gasteiger partial charge on any atom is -0.508 e. The van der Waals surface area contributed by atoms with Crippen LogP contribution in [0.2, 0.25) is 0 Å². The number of benzene rings is 2. The third-order valence-electron chi connectivity index (χ3n) is 7.45. The molecule has 0 fully saturated rings. The molecule has 0 spiro atoms. The van der Waals surface area contributed by atoms with E-state index in [1.54, 1.807) is 44.7 Å². The highest BCUT2D eigenvalue weighted by atomic mass is 16.6. The van der Waals surface area contributed by atoms with E-state index >= 15 is 0 Å². The summed E-state index contributed by atoms with van der Waals surface area (Å²) in [6.45, 7) is 13.5. The van der Waals surface area contributed by atoms with Crippen LogP contribution in [0.1, 0.15) is 108 Å². The Labute approximate surface area is 280 Å². The van der Waals surface area contributed by atoms with Crippen LogP contribution in [-0.2, 0) is 30.3 Å². The molecule has 0 aromatic heterocycles. The maximum atomic E-state index is 14.7. The number of hydrogen-bond acceptors (Lipinski definition) is 7. The van der Waals surface area contributed by atoms with Crippen LogP contribution in [0.15, 0.2) is 42.5 Å². The highest BCUT2D eigenvalue weighted by molar-refractivity contribution is 5.92. The number of phenols is 1. The van der Waals surface area contributed by atoms with E-state index in [-0.39, 0.29) is 38.3 Å². The van der Waals surface area contributed by atoms with Crippen LogP contribution in [0.4, 0.5) is 4.79 Å². The van der Waals surface area contributed by atoms with Gasteiger partial charge in [-0.1, -0.05) is 80.5 Å². The molecule has 0 heterocycles. The van der Waals surface area contributed by atoms with E-state index in [9.17, 15) is 24.3 Å². The van der Waals surface area contributed by atoms with Crippen molar-refractivity contribution in [2.75, 3.05) is 19.7 Å². The highest BCUT2D eigenvalue weighted by Gasteiger charge is 2.36. The number of carbonyl (C=O) groups is 4. The molecule has 0 aliphatic heterocycles. The first-order valence-electron chi connectivity index (χ1n) is 16.8. The lowest BCUT2D eigenvalue weighted by molar-refractivity contribution is -0.144. The zero-order valence-corrected chi connectivity index (χ0v) is 29.3. The van der Waals surface area contributed by atoms with Gasteiger partial charge in [0.25, 0.3) is 0 Å². The standard InChI is InChI=1S/C37H55N3O7/c1-8-10-11-12-13-14-21-40(33(29-23-26(3)22-27(4)24-29)34(43)38-20-19-32(42)46-9-2)35(44)31(39-36(45)47-37(5,6)7)25-28-15-17-30(41)18-16-28/h15-18,22-24,31,33,41H,8-14,19-21,25H2,1-7H3,(H,38,43)(H,39,45). The van der Waals surface area contributed by atoms with E-state index in [2.05, 4.69) is 17.6 Å². The van der Waals surface area contributed by atoms with Crippen molar-refractivity contribution in [1.29, 1.82) is 0 Å². The number of aromatic hydroxyl groups is 1. The van der Waals surface area contributed by atoms with Gasteiger partial charge in [-0.2, -0.15) is 0 Å². The van der Waals surface area contributed by atoms with Crippen molar-refractivity contribution in [2.45, 2.75) is 118 Å². The van der Waals surface area contributed by atoms with E-state index in [0.29, 0.717) is 17.5 Å². The number of nitrogens with one attached hydrogen (secondary N) is 2. The first kappa shape index (κ1) is 39.1. The summed E-state index contributed by atoms with van der Waals surface area (Å²) in [6, 6.07) is 10.1. The fourth-order valence-corrected chi connectivity index (χ4v) is 5.41. The van der Waals surface area contributed by atoms with Crippen molar-refractivity contribution in [3.05, 3.63) is 64.7 Å². The molecule has 0 radical (unpaired) electrons. The van der Waals surface area contributed by atoms with Gasteiger partial charge in [-0.05, 0) is 71.2 Å². The number of alkyl carbamates (subject to hydrolysis) is 1. The molecule has 2 aromatic rings. The number of phenolic OH excluding ortho intramolecular Hbond substituents is 1. The molecule has 2 unspecified atom stereocenters. The predicted octanol–water partition coefficient (Wildman–Crippen LogP) is 6.44. The number of nitrogens with zero attached hydrogens (tertiary/aromatic N) is 1. The summed E-state index contributed by atoms with van der Waals surface area (Å²) in [5, 5.41) is 15.5. The fraction of sp³-hybridized carbons (Fsp3) is 0.568. The van der Waals surface area contributed by atoms with Crippen LogP contribution >= 0.6 is 0 Å². The molecule has 2 aromatic carbocycles. The summed E-state index contributed by atoms with van der Waals surface area (Å²) >= 11 is 0. The SMILES string of the molecule is CCCCCCCCN(C(=O)C(Cc1ccc(O)cc1)NC(=O)OC(C)(C)C)C(C(=O)NCCC(=O)OCC)c1cc(C)cc(C)c1. The minimum absolute atomic E-state index is 0.00576. The molecule has 2 atom stereocenters. The Morgan fingerprint density at radius 1 is 0.894 bits per heavy atom. The maximum Gasteiger partial charge on any atom is 0.408 e. The van der Waals surface area contributed by atoms with Gasteiger partial charge in [0.05, 0.1) is 13.0 Å². The number of rotatable bonds is 18. The number of aryl methyl sites for hydroxylation is 2. The summed E-state index contributed by atoms with van der Waals surface area (Å²) in [4.78, 5) is 55.4. The van der Waals surface area contributed by atoms with Gasteiger partial charge in [0, 0.05) is 19.5 Å². The quantitative estimate of drug-likeness (QED) is 0.124. The van der Waals surface area contributed by atoms with E-state index in [4.69, 9.17) is 9.47 Å². The average molecular weight is 654 g/mol. The molecule has 2 rings (SSSR count). The molecule has 47 heavy (non-hydrogen) atoms. The molecule has 10 heteroatoms. The second-order valence-electron chi connectivity index (χ2n) is 13.0. The number of unbranched alkanes of at least 4 members (excludes halogenated alkanes) is 5. The van der Waals surface area contributed by atoms with Gasteiger partial charge in [0.1, 0.15) is 23.4 Å². The van der Waals surface area contributed by atoms with E-state index < -0.39 is 41.6 Å². The van der Waals surface area contributed by atoms with Crippen LogP contribution in [0.5, 0.6) is 5.75 Å². The van der Waals surface area contributed by atoms with Crippen molar-refractivity contribution in [1.82, 2.24) is 15.5 Å². The Morgan fingerprint density at radius 3 is 2.11 bits per heavy atom. The lowest BCUT2D eigenvalue weighted by atomic mass is 9.97. The number of carbonyl (C=O) groups excluding carboxylic acids is 4. The van der Waals surface area contributed by atoms with E-state index in [1.807, 2.05) is 32.0 Å². The van der Waals surface area contributed by atoms with Crippen LogP contribution in [0.25, 0.3) is 0 Å². The van der Waals surface area contributed by atoms with E-state index in [0.717, 1.165) is 43.2 Å². The molecule has 0 saturated carbocycles. The summed E-state index contributed by atoms with van der Waals surface area (Å²) in [7, 11) is 0. The summed E-state index contributed by atoms with van der Waals surface area (Å²) in [5.41, 5.74) is 2.41. The summed E-state index contributed by atoms with van der Waals surface area (Å²) < 4.78 is 10.6. The van der Waals surface area contributed by atoms with Gasteiger partial charge in [-0.25, -0.2) is 4.79 Å². The Morgan fingerprint density at radius 2 is 1.51 bits per heavy atom. The molecule has 0 aliphatic rings. The average Bonchev–Trinajstić information content (AvgIpc) is 2.97. The Hall–Kier alpha value is -4.08. The topological polar surface area (TPSA) is 134 Å². The largest absolute Gasteiger partial charge is 0.508 e.